The average Bonchev–Trinajstić information content (AvgIpc) is 2.78. The van der Waals surface area contributed by atoms with Crippen LogP contribution in [0.4, 0.5) is 0 Å². The van der Waals surface area contributed by atoms with Crippen LogP contribution in [0.3, 0.4) is 0 Å². The van der Waals surface area contributed by atoms with Gasteiger partial charge in [0.05, 0.1) is 0 Å². The van der Waals surface area contributed by atoms with E-state index >= 15 is 0 Å². The normalized spacial score (nSPS) is 33.8. The number of nitrogens with two attached hydrogens (primary N) is 1. The number of piperidine rings is 1. The zero-order chi connectivity index (χ0) is 11.5. The van der Waals surface area contributed by atoms with Crippen LogP contribution in [-0.2, 0) is 0 Å². The van der Waals surface area contributed by atoms with E-state index in [4.69, 9.17) is 5.73 Å². The maximum Gasteiger partial charge on any atom is 0.0235 e. The Morgan fingerprint density at radius 1 is 1.19 bits per heavy atom. The van der Waals surface area contributed by atoms with Gasteiger partial charge in [-0.15, -0.1) is 0 Å². The van der Waals surface area contributed by atoms with Crippen LogP contribution in [0.5, 0.6) is 0 Å². The number of likely N-dealkylation sites (tertiary alicyclic amines) is 2. The fourth-order valence-corrected chi connectivity index (χ4v) is 3.16. The molecule has 3 heteroatoms. The summed E-state index contributed by atoms with van der Waals surface area (Å²) in [4.78, 5) is 5.31. The van der Waals surface area contributed by atoms with Gasteiger partial charge in [-0.05, 0) is 52.1 Å². The third-order valence-corrected chi connectivity index (χ3v) is 4.33. The topological polar surface area (TPSA) is 32.5 Å². The Bertz CT molecular complexity index is 217. The molecule has 2 fully saturated rings. The molecule has 0 bridgehead atoms. The molecule has 2 saturated heterocycles. The van der Waals surface area contributed by atoms with Crippen molar-refractivity contribution in [2.45, 2.75) is 45.2 Å². The Morgan fingerprint density at radius 2 is 2.00 bits per heavy atom. The second-order valence-electron chi connectivity index (χ2n) is 5.77. The van der Waals surface area contributed by atoms with E-state index in [1.54, 1.807) is 0 Å². The second-order valence-corrected chi connectivity index (χ2v) is 5.77. The second kappa shape index (κ2) is 5.48. The first-order valence-electron chi connectivity index (χ1n) is 6.89. The average molecular weight is 225 g/mol. The molecule has 2 N–H and O–H groups in total. The minimum absolute atomic E-state index is 0.708. The molecule has 2 atom stereocenters. The van der Waals surface area contributed by atoms with Crippen LogP contribution < -0.4 is 5.73 Å². The summed E-state index contributed by atoms with van der Waals surface area (Å²) in [6.45, 7) is 10.6. The lowest BCUT2D eigenvalue weighted by Gasteiger charge is -2.36. The Labute approximate surface area is 100.0 Å². The van der Waals surface area contributed by atoms with Crippen LogP contribution in [0.25, 0.3) is 0 Å². The maximum atomic E-state index is 5.80. The molecule has 0 aromatic rings. The van der Waals surface area contributed by atoms with Crippen LogP contribution in [0.2, 0.25) is 0 Å². The summed E-state index contributed by atoms with van der Waals surface area (Å²) >= 11 is 0. The standard InChI is InChI=1S/C13H27N3/c1-11(2)15-7-5-13(10-15)16-6-3-4-12(8-14)9-16/h11-13H,3-10,14H2,1-2H3. The molecule has 2 heterocycles. The van der Waals surface area contributed by atoms with E-state index in [9.17, 15) is 0 Å². The predicted octanol–water partition coefficient (Wildman–Crippen LogP) is 1.14. The van der Waals surface area contributed by atoms with Crippen molar-refractivity contribution in [1.82, 2.24) is 9.80 Å². The molecule has 0 aromatic heterocycles. The summed E-state index contributed by atoms with van der Waals surface area (Å²) in [5, 5.41) is 0. The van der Waals surface area contributed by atoms with Crippen molar-refractivity contribution in [3.05, 3.63) is 0 Å². The summed E-state index contributed by atoms with van der Waals surface area (Å²) in [6.07, 6.45) is 4.04. The fraction of sp³-hybridized carbons (Fsp3) is 1.00. The minimum atomic E-state index is 0.708. The van der Waals surface area contributed by atoms with E-state index in [1.807, 2.05) is 0 Å². The van der Waals surface area contributed by atoms with Crippen LogP contribution in [0, 0.1) is 5.92 Å². The molecule has 2 aliphatic heterocycles. The lowest BCUT2D eigenvalue weighted by atomic mass is 9.96. The highest BCUT2D eigenvalue weighted by Gasteiger charge is 2.31. The van der Waals surface area contributed by atoms with Gasteiger partial charge in [0.1, 0.15) is 0 Å². The first-order valence-corrected chi connectivity index (χ1v) is 6.89. The molecule has 94 valence electrons. The van der Waals surface area contributed by atoms with Crippen LogP contribution >= 0.6 is 0 Å². The molecule has 2 aliphatic rings. The molecule has 16 heavy (non-hydrogen) atoms. The molecule has 2 unspecified atom stereocenters. The molecule has 0 aromatic carbocycles. The van der Waals surface area contributed by atoms with Crippen molar-refractivity contribution in [1.29, 1.82) is 0 Å². The van der Waals surface area contributed by atoms with Crippen molar-refractivity contribution in [3.63, 3.8) is 0 Å². The highest BCUT2D eigenvalue weighted by Crippen LogP contribution is 2.23. The van der Waals surface area contributed by atoms with Gasteiger partial charge in [-0.1, -0.05) is 0 Å². The largest absolute Gasteiger partial charge is 0.330 e. The lowest BCUT2D eigenvalue weighted by Crippen LogP contribution is -2.46. The maximum absolute atomic E-state index is 5.80. The zero-order valence-corrected chi connectivity index (χ0v) is 10.9. The van der Waals surface area contributed by atoms with Crippen LogP contribution in [0.15, 0.2) is 0 Å². The number of hydrogen-bond acceptors (Lipinski definition) is 3. The molecule has 2 rings (SSSR count). The first-order chi connectivity index (χ1) is 7.70. The van der Waals surface area contributed by atoms with Gasteiger partial charge < -0.3 is 5.73 Å². The van der Waals surface area contributed by atoms with E-state index in [-0.39, 0.29) is 0 Å². The van der Waals surface area contributed by atoms with Crippen LogP contribution in [-0.4, -0.2) is 54.6 Å². The van der Waals surface area contributed by atoms with Crippen LogP contribution in [0.1, 0.15) is 33.1 Å². The molecule has 0 aliphatic carbocycles. The summed E-state index contributed by atoms with van der Waals surface area (Å²) < 4.78 is 0. The van der Waals surface area contributed by atoms with Gasteiger partial charge in [-0.3, -0.25) is 9.80 Å². The van der Waals surface area contributed by atoms with Gasteiger partial charge in [0.15, 0.2) is 0 Å². The fourth-order valence-electron chi connectivity index (χ4n) is 3.16. The number of nitrogens with zero attached hydrogens (tertiary/aromatic N) is 2. The van der Waals surface area contributed by atoms with Crippen molar-refractivity contribution in [2.75, 3.05) is 32.7 Å². The van der Waals surface area contributed by atoms with Gasteiger partial charge in [0.2, 0.25) is 0 Å². The molecule has 0 amide bonds. The Kier molecular flexibility index (Phi) is 4.22. The van der Waals surface area contributed by atoms with Crippen molar-refractivity contribution >= 4 is 0 Å². The van der Waals surface area contributed by atoms with Gasteiger partial charge in [0, 0.05) is 31.7 Å². The molecular formula is C13H27N3. The molecule has 3 nitrogen and oxygen atoms in total. The van der Waals surface area contributed by atoms with E-state index in [0.29, 0.717) is 6.04 Å². The molecule has 0 saturated carbocycles. The van der Waals surface area contributed by atoms with E-state index < -0.39 is 0 Å². The Hall–Kier alpha value is -0.120. The summed E-state index contributed by atoms with van der Waals surface area (Å²) in [5.74, 6) is 0.752. The molecular weight excluding hydrogens is 198 g/mol. The summed E-state index contributed by atoms with van der Waals surface area (Å²) in [7, 11) is 0. The Balaban J connectivity index is 1.84. The first kappa shape index (κ1) is 12.3. The third kappa shape index (κ3) is 2.76. The van der Waals surface area contributed by atoms with Crippen molar-refractivity contribution < 1.29 is 0 Å². The zero-order valence-electron chi connectivity index (χ0n) is 10.9. The van der Waals surface area contributed by atoms with E-state index in [2.05, 4.69) is 23.6 Å². The van der Waals surface area contributed by atoms with Crippen molar-refractivity contribution in [3.8, 4) is 0 Å². The smallest absolute Gasteiger partial charge is 0.0235 e. The number of rotatable bonds is 3. The van der Waals surface area contributed by atoms with E-state index in [1.165, 1.54) is 45.4 Å². The summed E-state index contributed by atoms with van der Waals surface area (Å²) in [6, 6.07) is 1.51. The van der Waals surface area contributed by atoms with Gasteiger partial charge in [-0.2, -0.15) is 0 Å². The Morgan fingerprint density at radius 3 is 2.62 bits per heavy atom. The SMILES string of the molecule is CC(C)N1CCC(N2CCCC(CN)C2)C1. The lowest BCUT2D eigenvalue weighted by molar-refractivity contribution is 0.123. The van der Waals surface area contributed by atoms with Crippen molar-refractivity contribution in [2.24, 2.45) is 11.7 Å². The van der Waals surface area contributed by atoms with Gasteiger partial charge >= 0.3 is 0 Å². The van der Waals surface area contributed by atoms with E-state index in [0.717, 1.165) is 18.5 Å². The monoisotopic (exact) mass is 225 g/mol. The van der Waals surface area contributed by atoms with Gasteiger partial charge in [0.25, 0.3) is 0 Å². The van der Waals surface area contributed by atoms with Gasteiger partial charge in [-0.25, -0.2) is 0 Å². The minimum Gasteiger partial charge on any atom is -0.330 e. The highest BCUT2D eigenvalue weighted by atomic mass is 15.3. The number of hydrogen-bond donors (Lipinski definition) is 1. The molecule has 0 radical (unpaired) electrons. The quantitative estimate of drug-likeness (QED) is 0.782. The highest BCUT2D eigenvalue weighted by molar-refractivity contribution is 4.87. The molecule has 0 spiro atoms. The third-order valence-electron chi connectivity index (χ3n) is 4.33. The summed E-state index contributed by atoms with van der Waals surface area (Å²) in [5.41, 5.74) is 5.80. The predicted molar refractivity (Wildman–Crippen MR) is 68.5 cm³/mol.